The van der Waals surface area contributed by atoms with Crippen LogP contribution in [0.3, 0.4) is 0 Å². The number of hydrogen-bond donors (Lipinski definition) is 0. The van der Waals surface area contributed by atoms with E-state index in [1.165, 1.54) is 0 Å². The van der Waals surface area contributed by atoms with Crippen molar-refractivity contribution in [2.24, 2.45) is 0 Å². The molecule has 0 bridgehead atoms. The van der Waals surface area contributed by atoms with Gasteiger partial charge in [0.15, 0.2) is 0 Å². The lowest BCUT2D eigenvalue weighted by atomic mass is 10.2. The molecule has 0 saturated carbocycles. The molecule has 0 saturated heterocycles. The van der Waals surface area contributed by atoms with Gasteiger partial charge in [0.25, 0.3) is 0 Å². The highest BCUT2D eigenvalue weighted by Crippen LogP contribution is 2.16. The normalized spacial score (nSPS) is 14.6. The second-order valence-corrected chi connectivity index (χ2v) is 4.41. The molecule has 2 heteroatoms. The first-order valence-corrected chi connectivity index (χ1v) is 5.98. The van der Waals surface area contributed by atoms with Crippen LogP contribution >= 0.6 is 0 Å². The largest absolute Gasteiger partial charge is 0.423 e. The van der Waals surface area contributed by atoms with E-state index in [2.05, 4.69) is 0 Å². The first-order valence-electron chi connectivity index (χ1n) is 5.98. The molecule has 0 fully saturated rings. The van der Waals surface area contributed by atoms with Gasteiger partial charge in [-0.2, -0.15) is 0 Å². The Labute approximate surface area is 107 Å². The molecule has 1 aromatic rings. The summed E-state index contributed by atoms with van der Waals surface area (Å²) in [6.07, 6.45) is 8.34. The lowest BCUT2D eigenvalue weighted by Gasteiger charge is -2.05. The summed E-state index contributed by atoms with van der Waals surface area (Å²) in [4.78, 5) is 12.0. The van der Waals surface area contributed by atoms with E-state index in [0.29, 0.717) is 17.7 Å². The van der Waals surface area contributed by atoms with Gasteiger partial charge >= 0.3 is 5.97 Å². The van der Waals surface area contributed by atoms with Crippen LogP contribution < -0.4 is 4.74 Å². The van der Waals surface area contributed by atoms with Crippen molar-refractivity contribution in [3.63, 3.8) is 0 Å². The molecule has 0 amide bonds. The predicted molar refractivity (Wildman–Crippen MR) is 72.4 cm³/mol. The summed E-state index contributed by atoms with van der Waals surface area (Å²) in [5, 5.41) is 0. The van der Waals surface area contributed by atoms with Gasteiger partial charge in [-0.3, -0.25) is 0 Å². The quantitative estimate of drug-likeness (QED) is 0.581. The highest BCUT2D eigenvalue weighted by molar-refractivity contribution is 5.91. The van der Waals surface area contributed by atoms with Gasteiger partial charge < -0.3 is 4.74 Å². The van der Waals surface area contributed by atoms with Crippen molar-refractivity contribution in [1.82, 2.24) is 0 Å². The van der Waals surface area contributed by atoms with Crippen molar-refractivity contribution in [2.75, 3.05) is 0 Å². The molecule has 0 aromatic heterocycles. The highest BCUT2D eigenvalue weighted by Gasteiger charge is 2.11. The van der Waals surface area contributed by atoms with Crippen LogP contribution in [-0.2, 0) is 4.79 Å². The molecule has 92 valence electrons. The number of rotatable bonds is 2. The number of carbonyl (C=O) groups excluding carboxylic acids is 1. The minimum absolute atomic E-state index is 0.283. The Balaban J connectivity index is 2.09. The van der Waals surface area contributed by atoms with Gasteiger partial charge in [-0.25, -0.2) is 4.79 Å². The summed E-state index contributed by atoms with van der Waals surface area (Å²) in [6, 6.07) is 7.46. The minimum Gasteiger partial charge on any atom is -0.423 e. The van der Waals surface area contributed by atoms with Crippen LogP contribution in [0.25, 0.3) is 0 Å². The van der Waals surface area contributed by atoms with E-state index in [1.807, 2.05) is 50.3 Å². The summed E-state index contributed by atoms with van der Waals surface area (Å²) < 4.78 is 5.33. The second-order valence-electron chi connectivity index (χ2n) is 4.41. The Morgan fingerprint density at radius 1 is 1.11 bits per heavy atom. The fraction of sp³-hybridized carbons (Fsp3) is 0.188. The first kappa shape index (κ1) is 12.4. The minimum atomic E-state index is -0.283. The Hall–Kier alpha value is -2.09. The molecule has 18 heavy (non-hydrogen) atoms. The van der Waals surface area contributed by atoms with Gasteiger partial charge in [-0.15, -0.1) is 0 Å². The number of allylic oxidation sites excluding steroid dienone is 5. The van der Waals surface area contributed by atoms with Gasteiger partial charge in [0.2, 0.25) is 0 Å². The van der Waals surface area contributed by atoms with Crippen molar-refractivity contribution >= 4 is 5.97 Å². The van der Waals surface area contributed by atoms with E-state index < -0.39 is 0 Å². The van der Waals surface area contributed by atoms with E-state index in [9.17, 15) is 4.79 Å². The average Bonchev–Trinajstić information content (AvgIpc) is 2.57. The summed E-state index contributed by atoms with van der Waals surface area (Å²) in [5.74, 6) is 0.301. The monoisotopic (exact) mass is 240 g/mol. The second kappa shape index (κ2) is 5.50. The van der Waals surface area contributed by atoms with Crippen LogP contribution in [0.15, 0.2) is 59.7 Å². The van der Waals surface area contributed by atoms with E-state index in [0.717, 1.165) is 11.1 Å². The van der Waals surface area contributed by atoms with Crippen molar-refractivity contribution in [1.29, 1.82) is 0 Å². The van der Waals surface area contributed by atoms with Crippen molar-refractivity contribution in [3.8, 4) is 5.75 Å². The SMILES string of the molecule is CC1=CC=C(C(=O)Oc2ccc(C)cc2)CC=C1. The average molecular weight is 240 g/mol. The van der Waals surface area contributed by atoms with E-state index in [1.54, 1.807) is 12.1 Å². The lowest BCUT2D eigenvalue weighted by Crippen LogP contribution is -2.10. The zero-order valence-corrected chi connectivity index (χ0v) is 10.6. The smallest absolute Gasteiger partial charge is 0.339 e. The number of hydrogen-bond acceptors (Lipinski definition) is 2. The number of ether oxygens (including phenoxy) is 1. The van der Waals surface area contributed by atoms with E-state index in [-0.39, 0.29) is 5.97 Å². The zero-order chi connectivity index (χ0) is 13.0. The Morgan fingerprint density at radius 3 is 2.56 bits per heavy atom. The molecular formula is C16H16O2. The molecule has 1 aliphatic rings. The third-order valence-electron chi connectivity index (χ3n) is 2.76. The summed E-state index contributed by atoms with van der Waals surface area (Å²) in [6.45, 7) is 4.00. The van der Waals surface area contributed by atoms with Crippen molar-refractivity contribution in [3.05, 3.63) is 65.3 Å². The van der Waals surface area contributed by atoms with Crippen LogP contribution in [0.4, 0.5) is 0 Å². The number of esters is 1. The molecule has 1 aromatic carbocycles. The molecular weight excluding hydrogens is 224 g/mol. The maximum Gasteiger partial charge on any atom is 0.339 e. The molecule has 0 N–H and O–H groups in total. The third kappa shape index (κ3) is 3.20. The maximum absolute atomic E-state index is 12.0. The third-order valence-corrected chi connectivity index (χ3v) is 2.76. The lowest BCUT2D eigenvalue weighted by molar-refractivity contribution is -0.130. The first-order chi connectivity index (χ1) is 8.65. The molecule has 0 unspecified atom stereocenters. The van der Waals surface area contributed by atoms with Crippen LogP contribution in [0.1, 0.15) is 18.9 Å². The van der Waals surface area contributed by atoms with Crippen LogP contribution in [0, 0.1) is 6.92 Å². The molecule has 0 heterocycles. The van der Waals surface area contributed by atoms with Crippen molar-refractivity contribution in [2.45, 2.75) is 20.3 Å². The molecule has 0 radical (unpaired) electrons. The molecule has 0 spiro atoms. The Bertz CT molecular complexity index is 531. The maximum atomic E-state index is 12.0. The molecule has 0 aliphatic heterocycles. The fourth-order valence-corrected chi connectivity index (χ4v) is 1.66. The summed E-state index contributed by atoms with van der Waals surface area (Å²) >= 11 is 0. The van der Waals surface area contributed by atoms with Gasteiger partial charge in [0, 0.05) is 5.57 Å². The van der Waals surface area contributed by atoms with Gasteiger partial charge in [0.05, 0.1) is 0 Å². The molecule has 2 nitrogen and oxygen atoms in total. The van der Waals surface area contributed by atoms with E-state index in [4.69, 9.17) is 4.74 Å². The molecule has 2 rings (SSSR count). The van der Waals surface area contributed by atoms with E-state index >= 15 is 0 Å². The summed E-state index contributed by atoms with van der Waals surface area (Å²) in [7, 11) is 0. The number of carbonyl (C=O) groups is 1. The van der Waals surface area contributed by atoms with Crippen LogP contribution in [-0.4, -0.2) is 5.97 Å². The zero-order valence-electron chi connectivity index (χ0n) is 10.6. The van der Waals surface area contributed by atoms with Crippen molar-refractivity contribution < 1.29 is 9.53 Å². The van der Waals surface area contributed by atoms with Gasteiger partial charge in [0.1, 0.15) is 5.75 Å². The fourth-order valence-electron chi connectivity index (χ4n) is 1.66. The van der Waals surface area contributed by atoms with Gasteiger partial charge in [-0.1, -0.05) is 47.6 Å². The topological polar surface area (TPSA) is 26.3 Å². The van der Waals surface area contributed by atoms with Crippen LogP contribution in [0.2, 0.25) is 0 Å². The standard InChI is InChI=1S/C16H16O2/c1-12-4-3-5-14(9-6-12)16(17)18-15-10-7-13(2)8-11-15/h3-4,6-11H,5H2,1-2H3. The number of aryl methyl sites for hydroxylation is 1. The Kier molecular flexibility index (Phi) is 3.78. The van der Waals surface area contributed by atoms with Gasteiger partial charge in [-0.05, 0) is 32.4 Å². The predicted octanol–water partition coefficient (Wildman–Crippen LogP) is 3.73. The number of benzene rings is 1. The molecule has 1 aliphatic carbocycles. The summed E-state index contributed by atoms with van der Waals surface area (Å²) in [5.41, 5.74) is 2.95. The Morgan fingerprint density at radius 2 is 1.83 bits per heavy atom. The highest BCUT2D eigenvalue weighted by atomic mass is 16.5. The molecule has 0 atom stereocenters. The van der Waals surface area contributed by atoms with Crippen LogP contribution in [0.5, 0.6) is 5.75 Å².